The molecule has 1 aromatic rings. The van der Waals surface area contributed by atoms with Crippen LogP contribution in [-0.4, -0.2) is 30.8 Å². The molecule has 1 rings (SSSR count). The van der Waals surface area contributed by atoms with E-state index in [0.717, 1.165) is 12.0 Å². The first-order chi connectivity index (χ1) is 8.15. The van der Waals surface area contributed by atoms with Gasteiger partial charge in [0.2, 0.25) is 0 Å². The quantitative estimate of drug-likeness (QED) is 0.715. The molecule has 4 nitrogen and oxygen atoms in total. The maximum Gasteiger partial charge on any atom is 0.337 e. The first-order valence-electron chi connectivity index (χ1n) is 5.80. The number of anilines is 1. The molecular weight excluding hydrogens is 218 g/mol. The first-order valence-corrected chi connectivity index (χ1v) is 5.80. The molecule has 94 valence electrons. The second-order valence-corrected chi connectivity index (χ2v) is 3.83. The third-order valence-corrected chi connectivity index (χ3v) is 2.39. The molecule has 0 saturated carbocycles. The van der Waals surface area contributed by atoms with Crippen molar-refractivity contribution in [3.05, 3.63) is 29.3 Å². The number of aryl methyl sites for hydroxylation is 1. The molecular formula is C13H19NO3. The Bertz CT molecular complexity index is 377. The maximum atomic E-state index is 11.0. The molecule has 0 spiro atoms. The molecule has 0 aromatic heterocycles. The maximum absolute atomic E-state index is 11.0. The predicted molar refractivity (Wildman–Crippen MR) is 67.7 cm³/mol. The SMILES string of the molecule is CCOCCCNc1ccc(C)cc1C(=O)O. The molecule has 0 fully saturated rings. The van der Waals surface area contributed by atoms with Crippen molar-refractivity contribution in [1.82, 2.24) is 0 Å². The van der Waals surface area contributed by atoms with E-state index >= 15 is 0 Å². The number of carboxylic acid groups (broad SMARTS) is 1. The van der Waals surface area contributed by atoms with Crippen molar-refractivity contribution in [3.63, 3.8) is 0 Å². The van der Waals surface area contributed by atoms with Crippen LogP contribution in [0.1, 0.15) is 29.3 Å². The number of nitrogens with one attached hydrogen (secondary N) is 1. The van der Waals surface area contributed by atoms with Crippen molar-refractivity contribution in [1.29, 1.82) is 0 Å². The lowest BCUT2D eigenvalue weighted by Gasteiger charge is -2.10. The number of rotatable bonds is 7. The van der Waals surface area contributed by atoms with Crippen LogP contribution in [0.5, 0.6) is 0 Å². The van der Waals surface area contributed by atoms with E-state index in [0.29, 0.717) is 31.0 Å². The molecule has 0 heterocycles. The van der Waals surface area contributed by atoms with Gasteiger partial charge < -0.3 is 15.2 Å². The highest BCUT2D eigenvalue weighted by Crippen LogP contribution is 2.17. The van der Waals surface area contributed by atoms with Gasteiger partial charge in [0, 0.05) is 25.4 Å². The third-order valence-electron chi connectivity index (χ3n) is 2.39. The zero-order chi connectivity index (χ0) is 12.7. The van der Waals surface area contributed by atoms with Crippen LogP contribution in [0.4, 0.5) is 5.69 Å². The summed E-state index contributed by atoms with van der Waals surface area (Å²) in [6.45, 7) is 5.95. The molecule has 0 radical (unpaired) electrons. The molecule has 0 aliphatic rings. The van der Waals surface area contributed by atoms with Gasteiger partial charge in [0.05, 0.1) is 5.56 Å². The van der Waals surface area contributed by atoms with Gasteiger partial charge in [0.15, 0.2) is 0 Å². The summed E-state index contributed by atoms with van der Waals surface area (Å²) in [5, 5.41) is 12.2. The fraction of sp³-hybridized carbons (Fsp3) is 0.462. The average Bonchev–Trinajstić information content (AvgIpc) is 2.30. The van der Waals surface area contributed by atoms with Crippen molar-refractivity contribution in [2.45, 2.75) is 20.3 Å². The lowest BCUT2D eigenvalue weighted by molar-refractivity contribution is 0.0698. The van der Waals surface area contributed by atoms with Crippen molar-refractivity contribution < 1.29 is 14.6 Å². The van der Waals surface area contributed by atoms with Crippen molar-refractivity contribution in [3.8, 4) is 0 Å². The van der Waals surface area contributed by atoms with Gasteiger partial charge in [-0.2, -0.15) is 0 Å². The molecule has 0 atom stereocenters. The molecule has 1 aromatic carbocycles. The van der Waals surface area contributed by atoms with E-state index in [9.17, 15) is 4.79 Å². The summed E-state index contributed by atoms with van der Waals surface area (Å²) in [5.74, 6) is -0.902. The van der Waals surface area contributed by atoms with E-state index in [1.165, 1.54) is 0 Å². The Balaban J connectivity index is 2.55. The Kier molecular flexibility index (Phi) is 5.49. The normalized spacial score (nSPS) is 10.2. The van der Waals surface area contributed by atoms with Crippen molar-refractivity contribution >= 4 is 11.7 Å². The molecule has 0 unspecified atom stereocenters. The van der Waals surface area contributed by atoms with Crippen LogP contribution in [0.25, 0.3) is 0 Å². The number of carboxylic acids is 1. The van der Waals surface area contributed by atoms with E-state index in [-0.39, 0.29) is 0 Å². The summed E-state index contributed by atoms with van der Waals surface area (Å²) in [6, 6.07) is 5.38. The van der Waals surface area contributed by atoms with Gasteiger partial charge >= 0.3 is 5.97 Å². The number of hydrogen-bond donors (Lipinski definition) is 2. The number of aromatic carboxylic acids is 1. The van der Waals surface area contributed by atoms with Gasteiger partial charge in [-0.15, -0.1) is 0 Å². The summed E-state index contributed by atoms with van der Waals surface area (Å²) >= 11 is 0. The number of ether oxygens (including phenoxy) is 1. The molecule has 0 saturated heterocycles. The van der Waals surface area contributed by atoms with Gasteiger partial charge in [0.1, 0.15) is 0 Å². The summed E-state index contributed by atoms with van der Waals surface area (Å²) in [5.41, 5.74) is 1.93. The largest absolute Gasteiger partial charge is 0.478 e. The van der Waals surface area contributed by atoms with Crippen LogP contribution in [0.15, 0.2) is 18.2 Å². The van der Waals surface area contributed by atoms with Crippen LogP contribution in [0, 0.1) is 6.92 Å². The van der Waals surface area contributed by atoms with Crippen molar-refractivity contribution in [2.24, 2.45) is 0 Å². The monoisotopic (exact) mass is 237 g/mol. The van der Waals surface area contributed by atoms with E-state index in [4.69, 9.17) is 9.84 Å². The standard InChI is InChI=1S/C13H19NO3/c1-3-17-8-4-7-14-12-6-5-10(2)9-11(12)13(15)16/h5-6,9,14H,3-4,7-8H2,1-2H3,(H,15,16). The minimum atomic E-state index is -0.902. The molecule has 0 aliphatic heterocycles. The first kappa shape index (κ1) is 13.5. The molecule has 4 heteroatoms. The molecule has 17 heavy (non-hydrogen) atoms. The predicted octanol–water partition coefficient (Wildman–Crippen LogP) is 2.53. The van der Waals surface area contributed by atoms with Crippen molar-refractivity contribution in [2.75, 3.05) is 25.1 Å². The van der Waals surface area contributed by atoms with Crippen LogP contribution in [-0.2, 0) is 4.74 Å². The second kappa shape index (κ2) is 6.91. The molecule has 0 aliphatic carbocycles. The highest BCUT2D eigenvalue weighted by molar-refractivity contribution is 5.94. The Morgan fingerprint density at radius 2 is 2.24 bits per heavy atom. The van der Waals surface area contributed by atoms with E-state index < -0.39 is 5.97 Å². The van der Waals surface area contributed by atoms with E-state index in [1.807, 2.05) is 19.9 Å². The van der Waals surface area contributed by atoms with E-state index in [2.05, 4.69) is 5.32 Å². The van der Waals surface area contributed by atoms with Gasteiger partial charge in [-0.3, -0.25) is 0 Å². The highest BCUT2D eigenvalue weighted by atomic mass is 16.5. The third kappa shape index (κ3) is 4.44. The number of hydrogen-bond acceptors (Lipinski definition) is 3. The van der Waals surface area contributed by atoms with Gasteiger partial charge in [-0.25, -0.2) is 4.79 Å². The summed E-state index contributed by atoms with van der Waals surface area (Å²) in [7, 11) is 0. The Hall–Kier alpha value is -1.55. The minimum absolute atomic E-state index is 0.321. The van der Waals surface area contributed by atoms with Crippen LogP contribution >= 0.6 is 0 Å². The zero-order valence-electron chi connectivity index (χ0n) is 10.3. The summed E-state index contributed by atoms with van der Waals surface area (Å²) < 4.78 is 5.21. The topological polar surface area (TPSA) is 58.6 Å². The molecule has 0 amide bonds. The fourth-order valence-electron chi connectivity index (χ4n) is 1.53. The number of carbonyl (C=O) groups is 1. The van der Waals surface area contributed by atoms with Gasteiger partial charge in [-0.1, -0.05) is 11.6 Å². The zero-order valence-corrected chi connectivity index (χ0v) is 10.3. The molecule has 2 N–H and O–H groups in total. The lowest BCUT2D eigenvalue weighted by Crippen LogP contribution is -2.09. The van der Waals surface area contributed by atoms with Crippen LogP contribution in [0.3, 0.4) is 0 Å². The Labute approximate surface area is 102 Å². The number of benzene rings is 1. The van der Waals surface area contributed by atoms with Gasteiger partial charge in [0.25, 0.3) is 0 Å². The summed E-state index contributed by atoms with van der Waals surface area (Å²) in [4.78, 5) is 11.0. The van der Waals surface area contributed by atoms with E-state index in [1.54, 1.807) is 12.1 Å². The smallest absolute Gasteiger partial charge is 0.337 e. The van der Waals surface area contributed by atoms with Gasteiger partial charge in [-0.05, 0) is 32.4 Å². The Morgan fingerprint density at radius 1 is 1.47 bits per heavy atom. The average molecular weight is 237 g/mol. The minimum Gasteiger partial charge on any atom is -0.478 e. The highest BCUT2D eigenvalue weighted by Gasteiger charge is 2.09. The van der Waals surface area contributed by atoms with Crippen LogP contribution in [0.2, 0.25) is 0 Å². The molecule has 0 bridgehead atoms. The Morgan fingerprint density at radius 3 is 2.88 bits per heavy atom. The fourth-order valence-corrected chi connectivity index (χ4v) is 1.53. The second-order valence-electron chi connectivity index (χ2n) is 3.83. The lowest BCUT2D eigenvalue weighted by atomic mass is 10.1. The van der Waals surface area contributed by atoms with Crippen LogP contribution < -0.4 is 5.32 Å². The summed E-state index contributed by atoms with van der Waals surface area (Å²) in [6.07, 6.45) is 0.862.